The Hall–Kier alpha value is -1.29. The predicted octanol–water partition coefficient (Wildman–Crippen LogP) is 0.343. The SMILES string of the molecule is O=C(NCCCl)c1ccc(=O)[nH]c1. The Balaban J connectivity index is 2.66. The van der Waals surface area contributed by atoms with Gasteiger partial charge in [-0.25, -0.2) is 0 Å². The Bertz CT molecular complexity index is 328. The molecule has 4 nitrogen and oxygen atoms in total. The van der Waals surface area contributed by atoms with Crippen molar-refractivity contribution in [2.75, 3.05) is 12.4 Å². The summed E-state index contributed by atoms with van der Waals surface area (Å²) in [7, 11) is 0. The van der Waals surface area contributed by atoms with Crippen molar-refractivity contribution in [1.82, 2.24) is 10.3 Å². The number of amides is 1. The molecule has 0 saturated carbocycles. The highest BCUT2D eigenvalue weighted by atomic mass is 35.5. The maximum absolute atomic E-state index is 11.2. The summed E-state index contributed by atoms with van der Waals surface area (Å²) < 4.78 is 0. The van der Waals surface area contributed by atoms with Gasteiger partial charge in [-0.3, -0.25) is 9.59 Å². The molecular formula is C8H9ClN2O2. The predicted molar refractivity (Wildman–Crippen MR) is 50.1 cm³/mol. The number of carbonyl (C=O) groups excluding carboxylic acids is 1. The van der Waals surface area contributed by atoms with E-state index in [4.69, 9.17) is 11.6 Å². The highest BCUT2D eigenvalue weighted by molar-refractivity contribution is 6.18. The molecule has 1 amide bonds. The number of halogens is 1. The van der Waals surface area contributed by atoms with Gasteiger partial charge in [0.25, 0.3) is 5.91 Å². The van der Waals surface area contributed by atoms with Crippen LogP contribution in [-0.2, 0) is 0 Å². The monoisotopic (exact) mass is 200 g/mol. The van der Waals surface area contributed by atoms with Crippen molar-refractivity contribution in [3.8, 4) is 0 Å². The molecule has 0 aliphatic carbocycles. The second kappa shape index (κ2) is 4.67. The van der Waals surface area contributed by atoms with Gasteiger partial charge in [-0.15, -0.1) is 11.6 Å². The first-order valence-electron chi connectivity index (χ1n) is 3.77. The van der Waals surface area contributed by atoms with Crippen LogP contribution in [0.2, 0.25) is 0 Å². The van der Waals surface area contributed by atoms with E-state index in [1.807, 2.05) is 0 Å². The van der Waals surface area contributed by atoms with Crippen molar-refractivity contribution in [2.24, 2.45) is 0 Å². The van der Waals surface area contributed by atoms with Gasteiger partial charge in [0, 0.05) is 24.7 Å². The van der Waals surface area contributed by atoms with Crippen LogP contribution in [0.15, 0.2) is 23.1 Å². The standard InChI is InChI=1S/C8H9ClN2O2/c9-3-4-10-8(13)6-1-2-7(12)11-5-6/h1-2,5H,3-4H2,(H,10,13)(H,11,12). The van der Waals surface area contributed by atoms with Gasteiger partial charge in [-0.2, -0.15) is 0 Å². The van der Waals surface area contributed by atoms with Gasteiger partial charge < -0.3 is 10.3 Å². The average Bonchev–Trinajstić information content (AvgIpc) is 2.15. The van der Waals surface area contributed by atoms with Gasteiger partial charge in [0.2, 0.25) is 5.56 Å². The second-order valence-electron chi connectivity index (χ2n) is 2.39. The van der Waals surface area contributed by atoms with E-state index in [1.54, 1.807) is 0 Å². The Morgan fingerprint density at radius 1 is 1.54 bits per heavy atom. The Morgan fingerprint density at radius 2 is 2.31 bits per heavy atom. The molecule has 0 unspecified atom stereocenters. The van der Waals surface area contributed by atoms with E-state index in [-0.39, 0.29) is 11.5 Å². The lowest BCUT2D eigenvalue weighted by atomic mass is 10.3. The number of hydrogen-bond donors (Lipinski definition) is 2. The molecule has 5 heteroatoms. The lowest BCUT2D eigenvalue weighted by Crippen LogP contribution is -2.25. The summed E-state index contributed by atoms with van der Waals surface area (Å²) in [5.41, 5.74) is 0.193. The smallest absolute Gasteiger partial charge is 0.252 e. The number of alkyl halides is 1. The van der Waals surface area contributed by atoms with Crippen LogP contribution in [0.3, 0.4) is 0 Å². The highest BCUT2D eigenvalue weighted by Crippen LogP contribution is 1.91. The Morgan fingerprint density at radius 3 is 2.85 bits per heavy atom. The maximum atomic E-state index is 11.2. The molecule has 1 rings (SSSR count). The summed E-state index contributed by atoms with van der Waals surface area (Å²) in [5.74, 6) is 0.131. The number of aromatic amines is 1. The molecule has 0 saturated heterocycles. The first-order chi connectivity index (χ1) is 6.24. The van der Waals surface area contributed by atoms with Crippen LogP contribution in [0, 0.1) is 0 Å². The fourth-order valence-corrected chi connectivity index (χ4v) is 0.909. The molecule has 0 spiro atoms. The van der Waals surface area contributed by atoms with Gasteiger partial charge in [0.1, 0.15) is 0 Å². The molecule has 0 aliphatic rings. The maximum Gasteiger partial charge on any atom is 0.252 e. The minimum Gasteiger partial charge on any atom is -0.351 e. The van der Waals surface area contributed by atoms with Crippen LogP contribution in [-0.4, -0.2) is 23.3 Å². The van der Waals surface area contributed by atoms with Crippen LogP contribution in [0.1, 0.15) is 10.4 Å². The molecule has 0 radical (unpaired) electrons. The van der Waals surface area contributed by atoms with E-state index in [0.717, 1.165) is 0 Å². The largest absolute Gasteiger partial charge is 0.351 e. The zero-order valence-corrected chi connectivity index (χ0v) is 7.60. The summed E-state index contributed by atoms with van der Waals surface area (Å²) in [4.78, 5) is 24.3. The first kappa shape index (κ1) is 9.80. The number of rotatable bonds is 3. The highest BCUT2D eigenvalue weighted by Gasteiger charge is 2.02. The van der Waals surface area contributed by atoms with Gasteiger partial charge >= 0.3 is 0 Å². The van der Waals surface area contributed by atoms with Crippen LogP contribution in [0.4, 0.5) is 0 Å². The van der Waals surface area contributed by atoms with Gasteiger partial charge in [0.05, 0.1) is 5.56 Å². The zero-order chi connectivity index (χ0) is 9.68. The van der Waals surface area contributed by atoms with E-state index in [9.17, 15) is 9.59 Å². The molecule has 0 atom stereocenters. The average molecular weight is 201 g/mol. The summed E-state index contributed by atoms with van der Waals surface area (Å²) in [6.45, 7) is 0.416. The topological polar surface area (TPSA) is 62.0 Å². The molecule has 0 bridgehead atoms. The lowest BCUT2D eigenvalue weighted by molar-refractivity contribution is 0.0955. The fraction of sp³-hybridized carbons (Fsp3) is 0.250. The molecule has 0 aromatic carbocycles. The Labute approximate surface area is 79.9 Å². The lowest BCUT2D eigenvalue weighted by Gasteiger charge is -2.00. The zero-order valence-electron chi connectivity index (χ0n) is 6.84. The summed E-state index contributed by atoms with van der Waals surface area (Å²) in [6.07, 6.45) is 1.37. The van der Waals surface area contributed by atoms with Crippen LogP contribution in [0.25, 0.3) is 0 Å². The number of hydrogen-bond acceptors (Lipinski definition) is 2. The Kier molecular flexibility index (Phi) is 3.52. The van der Waals surface area contributed by atoms with Crippen molar-refractivity contribution >= 4 is 17.5 Å². The number of carbonyl (C=O) groups is 1. The van der Waals surface area contributed by atoms with Gasteiger partial charge in [0.15, 0.2) is 0 Å². The van der Waals surface area contributed by atoms with Crippen LogP contribution in [0.5, 0.6) is 0 Å². The van der Waals surface area contributed by atoms with E-state index in [0.29, 0.717) is 18.0 Å². The molecule has 13 heavy (non-hydrogen) atoms. The molecule has 1 aromatic rings. The van der Waals surface area contributed by atoms with Crippen LogP contribution < -0.4 is 10.9 Å². The van der Waals surface area contributed by atoms with Crippen molar-refractivity contribution in [1.29, 1.82) is 0 Å². The van der Waals surface area contributed by atoms with E-state index in [2.05, 4.69) is 10.3 Å². The third-order valence-corrected chi connectivity index (χ3v) is 1.62. The number of nitrogens with one attached hydrogen (secondary N) is 2. The molecule has 1 heterocycles. The number of H-pyrrole nitrogens is 1. The third-order valence-electron chi connectivity index (χ3n) is 1.43. The molecule has 2 N–H and O–H groups in total. The fourth-order valence-electron chi connectivity index (χ4n) is 0.815. The number of pyridine rings is 1. The van der Waals surface area contributed by atoms with E-state index in [1.165, 1.54) is 18.3 Å². The number of aromatic nitrogens is 1. The minimum atomic E-state index is -0.239. The van der Waals surface area contributed by atoms with E-state index < -0.39 is 0 Å². The minimum absolute atomic E-state index is 0.228. The quantitative estimate of drug-likeness (QED) is 0.692. The summed E-state index contributed by atoms with van der Waals surface area (Å²) in [6, 6.07) is 2.76. The van der Waals surface area contributed by atoms with E-state index >= 15 is 0 Å². The molecule has 70 valence electrons. The molecule has 0 fully saturated rings. The van der Waals surface area contributed by atoms with Crippen LogP contribution >= 0.6 is 11.6 Å². The third kappa shape index (κ3) is 2.91. The summed E-state index contributed by atoms with van der Waals surface area (Å²) >= 11 is 5.39. The van der Waals surface area contributed by atoms with Gasteiger partial charge in [-0.1, -0.05) is 0 Å². The molecular weight excluding hydrogens is 192 g/mol. The normalized spacial score (nSPS) is 9.62. The molecule has 1 aromatic heterocycles. The van der Waals surface area contributed by atoms with Crippen molar-refractivity contribution in [2.45, 2.75) is 0 Å². The van der Waals surface area contributed by atoms with Crippen molar-refractivity contribution in [3.63, 3.8) is 0 Å². The molecule has 0 aliphatic heterocycles. The van der Waals surface area contributed by atoms with Gasteiger partial charge in [-0.05, 0) is 6.07 Å². The van der Waals surface area contributed by atoms with Crippen molar-refractivity contribution in [3.05, 3.63) is 34.2 Å². The first-order valence-corrected chi connectivity index (χ1v) is 4.30. The second-order valence-corrected chi connectivity index (χ2v) is 2.76. The summed E-state index contributed by atoms with van der Waals surface area (Å²) in [5, 5.41) is 2.58. The van der Waals surface area contributed by atoms with Crippen molar-refractivity contribution < 1.29 is 4.79 Å².